The van der Waals surface area contributed by atoms with Crippen molar-refractivity contribution in [3.8, 4) is 11.1 Å². The molecule has 7 rings (SSSR count). The molecule has 0 spiro atoms. The first kappa shape index (κ1) is 41.3. The van der Waals surface area contributed by atoms with Crippen molar-refractivity contribution >= 4 is 22.8 Å². The lowest BCUT2D eigenvalue weighted by Crippen LogP contribution is -2.47. The molecule has 6 aromatic rings. The Balaban J connectivity index is 1.07. The van der Waals surface area contributed by atoms with Gasteiger partial charge in [0.05, 0.1) is 25.9 Å². The minimum absolute atomic E-state index is 0.0188. The fraction of sp³-hybridized carbons (Fsp3) is 0.280. The molecule has 9 nitrogen and oxygen atoms in total. The van der Waals surface area contributed by atoms with Gasteiger partial charge in [0.25, 0.3) is 0 Å². The van der Waals surface area contributed by atoms with Crippen LogP contribution in [0.4, 0.5) is 4.79 Å². The van der Waals surface area contributed by atoms with Gasteiger partial charge in [-0.25, -0.2) is 9.59 Å². The monoisotopic (exact) mass is 791 g/mol. The molecule has 6 unspecified atom stereocenters. The Labute approximate surface area is 346 Å². The van der Waals surface area contributed by atoms with Crippen LogP contribution in [-0.2, 0) is 38.6 Å². The van der Waals surface area contributed by atoms with Crippen LogP contribution in [0.5, 0.6) is 0 Å². The number of amides is 2. The number of benzene rings is 6. The van der Waals surface area contributed by atoms with Gasteiger partial charge in [0.15, 0.2) is 6.29 Å². The van der Waals surface area contributed by atoms with Gasteiger partial charge in [0, 0.05) is 37.0 Å². The molecule has 1 aliphatic rings. The van der Waals surface area contributed by atoms with Crippen molar-refractivity contribution in [2.75, 3.05) is 20.7 Å². The van der Waals surface area contributed by atoms with Gasteiger partial charge in [0.1, 0.15) is 6.04 Å². The fourth-order valence-corrected chi connectivity index (χ4v) is 7.79. The molecule has 6 aromatic carbocycles. The Morgan fingerprint density at radius 2 is 1.44 bits per heavy atom. The zero-order valence-corrected chi connectivity index (χ0v) is 34.1. The van der Waals surface area contributed by atoms with E-state index in [0.717, 1.165) is 38.9 Å². The summed E-state index contributed by atoms with van der Waals surface area (Å²) in [7, 11) is 3.47. The van der Waals surface area contributed by atoms with Crippen LogP contribution in [0.2, 0.25) is 0 Å². The minimum atomic E-state index is -0.823. The van der Waals surface area contributed by atoms with Gasteiger partial charge in [-0.05, 0) is 81.9 Å². The molecule has 0 saturated carbocycles. The van der Waals surface area contributed by atoms with Crippen LogP contribution >= 0.6 is 0 Å². The predicted molar refractivity (Wildman–Crippen MR) is 231 cm³/mol. The van der Waals surface area contributed by atoms with Crippen molar-refractivity contribution in [1.29, 1.82) is 0 Å². The molecule has 9 heteroatoms. The van der Waals surface area contributed by atoms with E-state index >= 15 is 0 Å². The third-order valence-electron chi connectivity index (χ3n) is 11.5. The molecule has 2 amide bonds. The summed E-state index contributed by atoms with van der Waals surface area (Å²) in [4.78, 5) is 27.8. The summed E-state index contributed by atoms with van der Waals surface area (Å²) in [6, 6.07) is 47.7. The van der Waals surface area contributed by atoms with Crippen molar-refractivity contribution in [1.82, 2.24) is 15.5 Å². The summed E-state index contributed by atoms with van der Waals surface area (Å²) >= 11 is 0. The number of methoxy groups -OCH3 is 1. The van der Waals surface area contributed by atoms with Crippen LogP contribution in [0, 0.1) is 5.92 Å². The van der Waals surface area contributed by atoms with Crippen molar-refractivity contribution in [2.45, 2.75) is 64.0 Å². The Bertz CT molecular complexity index is 2330. The maximum atomic E-state index is 13.0. The van der Waals surface area contributed by atoms with Crippen LogP contribution in [0.25, 0.3) is 21.9 Å². The Kier molecular flexibility index (Phi) is 13.5. The van der Waals surface area contributed by atoms with Gasteiger partial charge >= 0.3 is 12.0 Å². The molecule has 304 valence electrons. The summed E-state index contributed by atoms with van der Waals surface area (Å²) in [5.41, 5.74) is 7.81. The van der Waals surface area contributed by atoms with E-state index in [1.165, 1.54) is 23.4 Å². The number of aliphatic hydroxyl groups is 1. The lowest BCUT2D eigenvalue weighted by Gasteiger charge is -2.43. The topological polar surface area (TPSA) is 109 Å². The number of aliphatic hydroxyl groups excluding tert-OH is 1. The number of nitrogens with zero attached hydrogens (tertiary/aromatic N) is 1. The van der Waals surface area contributed by atoms with Gasteiger partial charge in [-0.15, -0.1) is 0 Å². The van der Waals surface area contributed by atoms with Crippen molar-refractivity contribution in [3.63, 3.8) is 0 Å². The number of rotatable bonds is 14. The van der Waals surface area contributed by atoms with Gasteiger partial charge < -0.3 is 30.0 Å². The predicted octanol–water partition coefficient (Wildman–Crippen LogP) is 9.07. The molecule has 1 fully saturated rings. The van der Waals surface area contributed by atoms with Crippen LogP contribution in [0.1, 0.15) is 65.7 Å². The summed E-state index contributed by atoms with van der Waals surface area (Å²) in [6.45, 7) is 5.36. The average Bonchev–Trinajstić information content (AvgIpc) is 3.28. The highest BCUT2D eigenvalue weighted by molar-refractivity contribution is 5.84. The summed E-state index contributed by atoms with van der Waals surface area (Å²) in [6.07, 6.45) is -0.708. The molecule has 6 atom stereocenters. The normalized spacial score (nSPS) is 18.9. The molecule has 0 radical (unpaired) electrons. The minimum Gasteiger partial charge on any atom is -0.467 e. The number of urea groups is 1. The molecule has 1 aliphatic heterocycles. The summed E-state index contributed by atoms with van der Waals surface area (Å²) in [5, 5.41) is 17.8. The molecular formula is C50H53N3O6. The van der Waals surface area contributed by atoms with Crippen LogP contribution < -0.4 is 10.6 Å². The maximum absolute atomic E-state index is 13.0. The number of fused-ring (bicyclic) bond motifs is 1. The number of esters is 1. The quantitative estimate of drug-likeness (QED) is 0.0945. The standard InChI is InChI=1S/C50H53N3O6/c1-33-46(31-53(3)34(2)40-25-24-38-15-8-9-16-42(38)28-40)58-49(59-47(33)39-22-20-36(32-54)21-23-39)44-19-11-18-43(29-44)41-17-10-14-37(26-41)30-51-50(56)52-45(48(55)57-4)27-35-12-6-5-7-13-35/h5-26,28-29,33-34,45-47,49,54H,27,30-32H2,1-4H3,(H2,51,52,56). The first-order valence-corrected chi connectivity index (χ1v) is 20.2. The summed E-state index contributed by atoms with van der Waals surface area (Å²) in [5.74, 6) is -0.477. The smallest absolute Gasteiger partial charge is 0.328 e. The fourth-order valence-electron chi connectivity index (χ4n) is 7.79. The third kappa shape index (κ3) is 10.2. The number of ether oxygens (including phenoxy) is 3. The number of hydrogen-bond acceptors (Lipinski definition) is 7. The van der Waals surface area contributed by atoms with E-state index in [0.29, 0.717) is 13.0 Å². The zero-order valence-electron chi connectivity index (χ0n) is 34.1. The molecule has 59 heavy (non-hydrogen) atoms. The van der Waals surface area contributed by atoms with E-state index in [-0.39, 0.29) is 37.3 Å². The number of carbonyl (C=O) groups excluding carboxylic acids is 2. The Morgan fingerprint density at radius 1 is 0.746 bits per heavy atom. The number of nitrogens with one attached hydrogen (secondary N) is 2. The van der Waals surface area contributed by atoms with Crippen molar-refractivity contribution in [3.05, 3.63) is 179 Å². The van der Waals surface area contributed by atoms with E-state index < -0.39 is 24.3 Å². The SMILES string of the molecule is COC(=O)C(Cc1ccccc1)NC(=O)NCc1cccc(-c2cccc(C3OC(CN(C)C(C)c4ccc5ccccc5c4)C(C)C(c4ccc(CO)cc4)O3)c2)c1. The number of hydrogen-bond donors (Lipinski definition) is 3. The van der Waals surface area contributed by atoms with Gasteiger partial charge in [0.2, 0.25) is 0 Å². The van der Waals surface area contributed by atoms with Gasteiger partial charge in [-0.2, -0.15) is 0 Å². The number of carbonyl (C=O) groups is 2. The molecule has 1 saturated heterocycles. The van der Waals surface area contributed by atoms with E-state index in [1.807, 2.05) is 91.0 Å². The van der Waals surface area contributed by atoms with Crippen molar-refractivity contribution < 1.29 is 28.9 Å². The highest BCUT2D eigenvalue weighted by atomic mass is 16.7. The van der Waals surface area contributed by atoms with E-state index in [9.17, 15) is 14.7 Å². The lowest BCUT2D eigenvalue weighted by atomic mass is 9.89. The highest BCUT2D eigenvalue weighted by Crippen LogP contribution is 2.43. The lowest BCUT2D eigenvalue weighted by molar-refractivity contribution is -0.276. The summed E-state index contributed by atoms with van der Waals surface area (Å²) < 4.78 is 18.7. The number of likely N-dealkylation sites (N-methyl/N-ethyl adjacent to an activating group) is 1. The highest BCUT2D eigenvalue weighted by Gasteiger charge is 2.39. The molecule has 3 N–H and O–H groups in total. The second kappa shape index (κ2) is 19.3. The largest absolute Gasteiger partial charge is 0.467 e. The Morgan fingerprint density at radius 3 is 2.19 bits per heavy atom. The Hall–Kier alpha value is -5.84. The maximum Gasteiger partial charge on any atom is 0.328 e. The molecule has 0 bridgehead atoms. The van der Waals surface area contributed by atoms with E-state index in [2.05, 4.69) is 91.0 Å². The third-order valence-corrected chi connectivity index (χ3v) is 11.5. The average molecular weight is 792 g/mol. The second-order valence-corrected chi connectivity index (χ2v) is 15.5. The molecular weight excluding hydrogens is 739 g/mol. The molecule has 0 aliphatic carbocycles. The van der Waals surface area contributed by atoms with Crippen molar-refractivity contribution in [2.24, 2.45) is 5.92 Å². The van der Waals surface area contributed by atoms with Gasteiger partial charge in [-0.1, -0.05) is 134 Å². The zero-order chi connectivity index (χ0) is 41.3. The van der Waals surface area contributed by atoms with Crippen LogP contribution in [0.3, 0.4) is 0 Å². The second-order valence-electron chi connectivity index (χ2n) is 15.5. The first-order valence-electron chi connectivity index (χ1n) is 20.2. The molecule has 0 aromatic heterocycles. The van der Waals surface area contributed by atoms with Crippen LogP contribution in [-0.4, -0.2) is 54.9 Å². The van der Waals surface area contributed by atoms with E-state index in [1.54, 1.807) is 0 Å². The van der Waals surface area contributed by atoms with E-state index in [4.69, 9.17) is 14.2 Å². The molecule has 1 heterocycles. The van der Waals surface area contributed by atoms with Crippen LogP contribution in [0.15, 0.2) is 146 Å². The van der Waals surface area contributed by atoms with Gasteiger partial charge in [-0.3, -0.25) is 4.90 Å². The first-order chi connectivity index (χ1) is 28.7.